The highest BCUT2D eigenvalue weighted by atomic mass is 16.6. The normalized spacial score (nSPS) is 10.8. The van der Waals surface area contributed by atoms with Gasteiger partial charge in [0, 0.05) is 36.0 Å². The molecule has 0 unspecified atom stereocenters. The Kier molecular flexibility index (Phi) is 6.87. The number of methoxy groups -OCH3 is 2. The minimum atomic E-state index is -0.547. The largest absolute Gasteiger partial charge is 0.497 e. The van der Waals surface area contributed by atoms with E-state index in [4.69, 9.17) is 14.2 Å². The van der Waals surface area contributed by atoms with Gasteiger partial charge in [-0.05, 0) is 38.5 Å². The smallest absolute Gasteiger partial charge is 0.407 e. The first-order valence-electron chi connectivity index (χ1n) is 8.80. The molecule has 2 aromatic carbocycles. The lowest BCUT2D eigenvalue weighted by atomic mass is 10.1. The number of carbonyl (C=O) groups excluding carboxylic acids is 2. The summed E-state index contributed by atoms with van der Waals surface area (Å²) in [6.07, 6.45) is -0.485. The summed E-state index contributed by atoms with van der Waals surface area (Å²) < 4.78 is 15.6. The van der Waals surface area contributed by atoms with Crippen molar-refractivity contribution < 1.29 is 23.8 Å². The third kappa shape index (κ3) is 6.50. The average Bonchev–Trinajstić information content (AvgIpc) is 2.65. The van der Waals surface area contributed by atoms with Crippen molar-refractivity contribution in [2.75, 3.05) is 19.5 Å². The van der Waals surface area contributed by atoms with Crippen molar-refractivity contribution in [2.45, 2.75) is 32.9 Å². The van der Waals surface area contributed by atoms with Gasteiger partial charge in [0.25, 0.3) is 5.91 Å². The summed E-state index contributed by atoms with van der Waals surface area (Å²) in [6.45, 7) is 5.72. The molecule has 150 valence electrons. The van der Waals surface area contributed by atoms with Gasteiger partial charge in [-0.25, -0.2) is 4.79 Å². The Balaban J connectivity index is 1.97. The monoisotopic (exact) mass is 386 g/mol. The van der Waals surface area contributed by atoms with Crippen molar-refractivity contribution in [3.05, 3.63) is 53.6 Å². The molecular formula is C21H26N2O5. The predicted molar refractivity (Wildman–Crippen MR) is 107 cm³/mol. The highest BCUT2D eigenvalue weighted by Crippen LogP contribution is 2.26. The molecule has 2 rings (SSSR count). The van der Waals surface area contributed by atoms with Crippen molar-refractivity contribution in [3.8, 4) is 11.5 Å². The fourth-order valence-electron chi connectivity index (χ4n) is 2.35. The third-order valence-electron chi connectivity index (χ3n) is 3.66. The van der Waals surface area contributed by atoms with E-state index < -0.39 is 11.7 Å². The van der Waals surface area contributed by atoms with E-state index in [0.717, 1.165) is 5.56 Å². The molecule has 0 fully saturated rings. The summed E-state index contributed by atoms with van der Waals surface area (Å²) in [5, 5.41) is 5.49. The molecule has 28 heavy (non-hydrogen) atoms. The SMILES string of the molecule is COc1cc(NC(=O)c2ccc(CNC(=O)OC(C)(C)C)cc2)cc(OC)c1. The zero-order valence-electron chi connectivity index (χ0n) is 16.8. The van der Waals surface area contributed by atoms with Gasteiger partial charge in [-0.2, -0.15) is 0 Å². The Bertz CT molecular complexity index is 803. The number of alkyl carbamates (subject to hydrolysis) is 1. The van der Waals surface area contributed by atoms with Gasteiger partial charge in [0.2, 0.25) is 0 Å². The van der Waals surface area contributed by atoms with Crippen LogP contribution in [0, 0.1) is 0 Å². The molecule has 2 N–H and O–H groups in total. The number of benzene rings is 2. The number of amides is 2. The van der Waals surface area contributed by atoms with Crippen LogP contribution in [0.25, 0.3) is 0 Å². The summed E-state index contributed by atoms with van der Waals surface area (Å²) in [4.78, 5) is 24.2. The van der Waals surface area contributed by atoms with E-state index in [1.54, 1.807) is 77.5 Å². The van der Waals surface area contributed by atoms with Crippen molar-refractivity contribution in [2.24, 2.45) is 0 Å². The van der Waals surface area contributed by atoms with Gasteiger partial charge >= 0.3 is 6.09 Å². The quantitative estimate of drug-likeness (QED) is 0.784. The Hall–Kier alpha value is -3.22. The van der Waals surface area contributed by atoms with Gasteiger partial charge in [-0.1, -0.05) is 12.1 Å². The number of hydrogen-bond donors (Lipinski definition) is 2. The standard InChI is InChI=1S/C21H26N2O5/c1-21(2,3)28-20(25)22-13-14-6-8-15(9-7-14)19(24)23-16-10-17(26-4)12-18(11-16)27-5/h6-12H,13H2,1-5H3,(H,22,25)(H,23,24). The molecule has 0 radical (unpaired) electrons. The van der Waals surface area contributed by atoms with Gasteiger partial charge < -0.3 is 24.8 Å². The molecular weight excluding hydrogens is 360 g/mol. The molecule has 0 saturated carbocycles. The molecule has 0 heterocycles. The zero-order valence-corrected chi connectivity index (χ0v) is 16.8. The zero-order chi connectivity index (χ0) is 20.7. The second-order valence-corrected chi connectivity index (χ2v) is 7.11. The molecule has 0 aliphatic carbocycles. The Morgan fingerprint density at radius 3 is 2.00 bits per heavy atom. The van der Waals surface area contributed by atoms with Gasteiger partial charge in [0.15, 0.2) is 0 Å². The summed E-state index contributed by atoms with van der Waals surface area (Å²) in [5.74, 6) is 0.901. The van der Waals surface area contributed by atoms with Gasteiger partial charge in [-0.3, -0.25) is 4.79 Å². The lowest BCUT2D eigenvalue weighted by Crippen LogP contribution is -2.32. The fraction of sp³-hybridized carbons (Fsp3) is 0.333. The maximum absolute atomic E-state index is 12.5. The first-order chi connectivity index (χ1) is 13.2. The average molecular weight is 386 g/mol. The molecule has 7 heteroatoms. The van der Waals surface area contributed by atoms with E-state index in [0.29, 0.717) is 29.3 Å². The number of nitrogens with one attached hydrogen (secondary N) is 2. The van der Waals surface area contributed by atoms with Gasteiger partial charge in [0.05, 0.1) is 14.2 Å². The van der Waals surface area contributed by atoms with E-state index in [-0.39, 0.29) is 5.91 Å². The van der Waals surface area contributed by atoms with Crippen LogP contribution in [0.15, 0.2) is 42.5 Å². The number of ether oxygens (including phenoxy) is 3. The van der Waals surface area contributed by atoms with E-state index in [1.165, 1.54) is 0 Å². The van der Waals surface area contributed by atoms with Crippen LogP contribution in [0.4, 0.5) is 10.5 Å². The number of rotatable bonds is 6. The number of carbonyl (C=O) groups is 2. The maximum Gasteiger partial charge on any atom is 0.407 e. The molecule has 0 atom stereocenters. The summed E-state index contributed by atoms with van der Waals surface area (Å²) in [6, 6.07) is 12.1. The summed E-state index contributed by atoms with van der Waals surface area (Å²) in [7, 11) is 3.09. The molecule has 0 bridgehead atoms. The molecule has 0 spiro atoms. The van der Waals surface area contributed by atoms with E-state index in [2.05, 4.69) is 10.6 Å². The van der Waals surface area contributed by atoms with Crippen molar-refractivity contribution in [1.29, 1.82) is 0 Å². The lowest BCUT2D eigenvalue weighted by molar-refractivity contribution is 0.0523. The molecule has 0 saturated heterocycles. The topological polar surface area (TPSA) is 85.9 Å². The minimum Gasteiger partial charge on any atom is -0.497 e. The van der Waals surface area contributed by atoms with Crippen LogP contribution in [0.2, 0.25) is 0 Å². The molecule has 0 aliphatic heterocycles. The van der Waals surface area contributed by atoms with E-state index >= 15 is 0 Å². The summed E-state index contributed by atoms with van der Waals surface area (Å²) in [5.41, 5.74) is 1.36. The van der Waals surface area contributed by atoms with Crippen LogP contribution in [0.1, 0.15) is 36.7 Å². The molecule has 2 amide bonds. The van der Waals surface area contributed by atoms with Gasteiger partial charge in [-0.15, -0.1) is 0 Å². The second kappa shape index (κ2) is 9.12. The Morgan fingerprint density at radius 1 is 0.929 bits per heavy atom. The van der Waals surface area contributed by atoms with Crippen molar-refractivity contribution in [3.63, 3.8) is 0 Å². The first-order valence-corrected chi connectivity index (χ1v) is 8.80. The van der Waals surface area contributed by atoms with E-state index in [1.807, 2.05) is 0 Å². The van der Waals surface area contributed by atoms with Crippen LogP contribution in [-0.2, 0) is 11.3 Å². The summed E-state index contributed by atoms with van der Waals surface area (Å²) >= 11 is 0. The van der Waals surface area contributed by atoms with Crippen LogP contribution in [-0.4, -0.2) is 31.8 Å². The lowest BCUT2D eigenvalue weighted by Gasteiger charge is -2.19. The molecule has 0 aliphatic rings. The molecule has 2 aromatic rings. The van der Waals surface area contributed by atoms with Gasteiger partial charge in [0.1, 0.15) is 17.1 Å². The number of hydrogen-bond acceptors (Lipinski definition) is 5. The van der Waals surface area contributed by atoms with Crippen LogP contribution in [0.5, 0.6) is 11.5 Å². The minimum absolute atomic E-state index is 0.262. The third-order valence-corrected chi connectivity index (χ3v) is 3.66. The van der Waals surface area contributed by atoms with E-state index in [9.17, 15) is 9.59 Å². The predicted octanol–water partition coefficient (Wildman–Crippen LogP) is 3.98. The Morgan fingerprint density at radius 2 is 1.50 bits per heavy atom. The van der Waals surface area contributed by atoms with Crippen LogP contribution >= 0.6 is 0 Å². The molecule has 0 aromatic heterocycles. The fourth-order valence-corrected chi connectivity index (χ4v) is 2.35. The van der Waals surface area contributed by atoms with Crippen molar-refractivity contribution >= 4 is 17.7 Å². The van der Waals surface area contributed by atoms with Crippen LogP contribution < -0.4 is 20.1 Å². The highest BCUT2D eigenvalue weighted by molar-refractivity contribution is 6.04. The Labute approximate surface area is 165 Å². The van der Waals surface area contributed by atoms with Crippen molar-refractivity contribution in [1.82, 2.24) is 5.32 Å². The number of anilines is 1. The second-order valence-electron chi connectivity index (χ2n) is 7.11. The maximum atomic E-state index is 12.5. The highest BCUT2D eigenvalue weighted by Gasteiger charge is 2.15. The first kappa shape index (κ1) is 21.1. The molecule has 7 nitrogen and oxygen atoms in total. The van der Waals surface area contributed by atoms with Crippen LogP contribution in [0.3, 0.4) is 0 Å².